The fourth-order valence-electron chi connectivity index (χ4n) is 2.77. The normalized spacial score (nSPS) is 13.4. The number of hydrogen-bond acceptors (Lipinski definition) is 8. The van der Waals surface area contributed by atoms with Gasteiger partial charge >= 0.3 is 6.18 Å². The molecule has 0 spiro atoms. The van der Waals surface area contributed by atoms with Crippen molar-refractivity contribution in [3.8, 4) is 17.5 Å². The Morgan fingerprint density at radius 1 is 1.13 bits per heavy atom. The number of thioether (sulfide) groups is 2. The molecule has 1 aliphatic heterocycles. The summed E-state index contributed by atoms with van der Waals surface area (Å²) >= 11 is 2.64. The zero-order valence-electron chi connectivity index (χ0n) is 16.0. The van der Waals surface area contributed by atoms with Gasteiger partial charge in [-0.25, -0.2) is 0 Å². The number of fused-ring (bicyclic) bond motifs is 1. The molecular formula is C20H13F3N6S2. The molecule has 0 bridgehead atoms. The van der Waals surface area contributed by atoms with E-state index in [-0.39, 0.29) is 5.56 Å². The van der Waals surface area contributed by atoms with Crippen LogP contribution in [-0.4, -0.2) is 26.6 Å². The second-order valence-corrected chi connectivity index (χ2v) is 8.60. The van der Waals surface area contributed by atoms with Gasteiger partial charge in [-0.3, -0.25) is 9.99 Å². The van der Waals surface area contributed by atoms with Crippen LogP contribution in [0.1, 0.15) is 16.7 Å². The largest absolute Gasteiger partial charge is 0.416 e. The zero-order chi connectivity index (χ0) is 22.0. The van der Waals surface area contributed by atoms with Crippen molar-refractivity contribution in [2.75, 3.05) is 12.1 Å². The van der Waals surface area contributed by atoms with Crippen LogP contribution in [0.25, 0.3) is 11.4 Å². The van der Waals surface area contributed by atoms with Crippen molar-refractivity contribution in [2.45, 2.75) is 17.0 Å². The molecular weight excluding hydrogens is 445 g/mol. The number of aromatic nitrogens is 3. The Kier molecular flexibility index (Phi) is 5.84. The third-order valence-electron chi connectivity index (χ3n) is 4.34. The number of halogens is 3. The summed E-state index contributed by atoms with van der Waals surface area (Å²) < 4.78 is 39.3. The molecule has 0 aliphatic carbocycles. The molecule has 0 saturated heterocycles. The first-order valence-electron chi connectivity index (χ1n) is 8.87. The number of hydrogen-bond donors (Lipinski definition) is 0. The van der Waals surface area contributed by atoms with E-state index in [2.05, 4.69) is 20.3 Å². The Hall–Kier alpha value is -3.10. The Morgan fingerprint density at radius 2 is 1.97 bits per heavy atom. The predicted octanol–water partition coefficient (Wildman–Crippen LogP) is 5.18. The van der Waals surface area contributed by atoms with Crippen molar-refractivity contribution in [3.63, 3.8) is 0 Å². The average molecular weight is 458 g/mol. The molecule has 3 aromatic rings. The molecule has 1 aliphatic rings. The maximum absolute atomic E-state index is 12.9. The molecule has 156 valence electrons. The van der Waals surface area contributed by atoms with Gasteiger partial charge in [0, 0.05) is 19.0 Å². The van der Waals surface area contributed by atoms with Crippen molar-refractivity contribution in [1.82, 2.24) is 15.2 Å². The third kappa shape index (κ3) is 4.65. The highest BCUT2D eigenvalue weighted by molar-refractivity contribution is 8.38. The van der Waals surface area contributed by atoms with Crippen molar-refractivity contribution >= 4 is 33.6 Å². The molecule has 0 N–H and O–H groups in total. The number of benzene rings is 1. The molecule has 0 radical (unpaired) electrons. The van der Waals surface area contributed by atoms with Crippen LogP contribution in [0.15, 0.2) is 58.8 Å². The lowest BCUT2D eigenvalue weighted by Gasteiger charge is -2.22. The monoisotopic (exact) mass is 458 g/mol. The van der Waals surface area contributed by atoms with Crippen LogP contribution >= 0.6 is 23.5 Å². The molecule has 0 unspecified atom stereocenters. The van der Waals surface area contributed by atoms with Crippen LogP contribution in [0, 0.1) is 11.3 Å². The van der Waals surface area contributed by atoms with Crippen molar-refractivity contribution < 1.29 is 13.2 Å². The first-order chi connectivity index (χ1) is 14.8. The number of anilines is 1. The molecule has 1 aromatic carbocycles. The van der Waals surface area contributed by atoms with Gasteiger partial charge in [0.2, 0.25) is 0 Å². The van der Waals surface area contributed by atoms with E-state index < -0.39 is 11.7 Å². The fourth-order valence-corrected chi connectivity index (χ4v) is 4.84. The molecule has 11 heteroatoms. The van der Waals surface area contributed by atoms with E-state index in [9.17, 15) is 18.4 Å². The van der Waals surface area contributed by atoms with E-state index in [1.165, 1.54) is 29.6 Å². The highest BCUT2D eigenvalue weighted by Gasteiger charge is 2.31. The third-order valence-corrected chi connectivity index (χ3v) is 6.47. The number of hydrazone groups is 1. The summed E-state index contributed by atoms with van der Waals surface area (Å²) in [7, 11) is 1.78. The van der Waals surface area contributed by atoms with Gasteiger partial charge in [0.1, 0.15) is 5.69 Å². The van der Waals surface area contributed by atoms with Crippen molar-refractivity contribution in [3.05, 3.63) is 65.4 Å². The fraction of sp³-hybridized carbons (Fsp3) is 0.150. The summed E-state index contributed by atoms with van der Waals surface area (Å²) in [5, 5.41) is 24.6. The maximum atomic E-state index is 12.9. The van der Waals surface area contributed by atoms with Crippen LogP contribution in [-0.2, 0) is 11.9 Å². The number of rotatable bonds is 3. The highest BCUT2D eigenvalue weighted by atomic mass is 32.2. The van der Waals surface area contributed by atoms with E-state index in [0.29, 0.717) is 32.1 Å². The standard InChI is InChI=1S/C20H13F3N6S2/c1-29-17-9-16(15-4-2-3-7-25-15)26-27-18(17)31-19(28-29)30-11-12-5-6-14(20(21,22)23)8-13(12)10-24/h2-9H,11H2,1H3. The van der Waals surface area contributed by atoms with Gasteiger partial charge in [-0.2, -0.15) is 23.5 Å². The quantitative estimate of drug-likeness (QED) is 0.535. The molecule has 0 saturated carbocycles. The van der Waals surface area contributed by atoms with Gasteiger partial charge in [-0.15, -0.1) is 10.2 Å². The molecule has 31 heavy (non-hydrogen) atoms. The lowest BCUT2D eigenvalue weighted by atomic mass is 10.1. The van der Waals surface area contributed by atoms with Gasteiger partial charge < -0.3 is 0 Å². The van der Waals surface area contributed by atoms with Crippen LogP contribution in [0.5, 0.6) is 0 Å². The average Bonchev–Trinajstić information content (AvgIpc) is 2.77. The molecule has 3 heterocycles. The number of pyridine rings is 1. The molecule has 4 rings (SSSR count). The minimum Gasteiger partial charge on any atom is -0.264 e. The summed E-state index contributed by atoms with van der Waals surface area (Å²) in [5.41, 5.74) is 1.77. The maximum Gasteiger partial charge on any atom is 0.416 e. The molecule has 0 fully saturated rings. The Labute approximate surface area is 184 Å². The lowest BCUT2D eigenvalue weighted by molar-refractivity contribution is -0.137. The van der Waals surface area contributed by atoms with E-state index in [1.54, 1.807) is 18.3 Å². The first kappa shape index (κ1) is 21.1. The smallest absolute Gasteiger partial charge is 0.264 e. The van der Waals surface area contributed by atoms with Gasteiger partial charge in [0.25, 0.3) is 0 Å². The van der Waals surface area contributed by atoms with E-state index in [4.69, 9.17) is 0 Å². The minimum atomic E-state index is -4.49. The van der Waals surface area contributed by atoms with Crippen LogP contribution < -0.4 is 5.01 Å². The Balaban J connectivity index is 1.50. The van der Waals surface area contributed by atoms with E-state index in [0.717, 1.165) is 17.8 Å². The summed E-state index contributed by atoms with van der Waals surface area (Å²) in [4.78, 5) is 4.27. The molecule has 0 atom stereocenters. The number of nitrogens with zero attached hydrogens (tertiary/aromatic N) is 6. The summed E-state index contributed by atoms with van der Waals surface area (Å²) in [5.74, 6) is 0.301. The highest BCUT2D eigenvalue weighted by Crippen LogP contribution is 2.39. The predicted molar refractivity (Wildman–Crippen MR) is 114 cm³/mol. The van der Waals surface area contributed by atoms with E-state index >= 15 is 0 Å². The topological polar surface area (TPSA) is 78.1 Å². The summed E-state index contributed by atoms with van der Waals surface area (Å²) in [6.07, 6.45) is -2.81. The number of nitriles is 1. The zero-order valence-corrected chi connectivity index (χ0v) is 17.6. The summed E-state index contributed by atoms with van der Waals surface area (Å²) in [6, 6.07) is 12.4. The Morgan fingerprint density at radius 3 is 2.68 bits per heavy atom. The number of alkyl halides is 3. The van der Waals surface area contributed by atoms with E-state index in [1.807, 2.05) is 30.3 Å². The van der Waals surface area contributed by atoms with Gasteiger partial charge in [-0.1, -0.05) is 23.9 Å². The SMILES string of the molecule is CN1N=C(SCc2ccc(C(F)(F)F)cc2C#N)Sc2nnc(-c3ccccn3)cc21. The summed E-state index contributed by atoms with van der Waals surface area (Å²) in [6.45, 7) is 0. The second kappa shape index (κ2) is 8.56. The Bertz CT molecular complexity index is 1190. The molecule has 0 amide bonds. The minimum absolute atomic E-state index is 0.00252. The van der Waals surface area contributed by atoms with Crippen LogP contribution in [0.3, 0.4) is 0 Å². The van der Waals surface area contributed by atoms with Crippen molar-refractivity contribution in [1.29, 1.82) is 5.26 Å². The van der Waals surface area contributed by atoms with Crippen LogP contribution in [0.2, 0.25) is 0 Å². The van der Waals surface area contributed by atoms with Gasteiger partial charge in [0.15, 0.2) is 9.40 Å². The molecule has 6 nitrogen and oxygen atoms in total. The first-order valence-corrected chi connectivity index (χ1v) is 10.7. The van der Waals surface area contributed by atoms with Gasteiger partial charge in [0.05, 0.1) is 28.6 Å². The lowest BCUT2D eigenvalue weighted by Crippen LogP contribution is -2.17. The van der Waals surface area contributed by atoms with Crippen molar-refractivity contribution in [2.24, 2.45) is 5.10 Å². The molecule has 2 aromatic heterocycles. The van der Waals surface area contributed by atoms with Gasteiger partial charge in [-0.05, 0) is 47.7 Å². The second-order valence-electron chi connectivity index (χ2n) is 6.40. The van der Waals surface area contributed by atoms with Crippen LogP contribution in [0.4, 0.5) is 18.9 Å².